The van der Waals surface area contributed by atoms with Gasteiger partial charge in [0.15, 0.2) is 0 Å². The smallest absolute Gasteiger partial charge is 0.326 e. The van der Waals surface area contributed by atoms with E-state index in [1.807, 2.05) is 0 Å². The zero-order valence-corrected chi connectivity index (χ0v) is 10.6. The lowest BCUT2D eigenvalue weighted by Gasteiger charge is -2.21. The number of ether oxygens (including phenoxy) is 1. The Morgan fingerprint density at radius 3 is 2.53 bits per heavy atom. The first-order valence-corrected chi connectivity index (χ1v) is 5.98. The summed E-state index contributed by atoms with van der Waals surface area (Å²) in [5.41, 5.74) is 0. The predicted octanol–water partition coefficient (Wildman–Crippen LogP) is -0.219. The molecule has 108 valence electrons. The van der Waals surface area contributed by atoms with Gasteiger partial charge in [-0.15, -0.1) is 0 Å². The van der Waals surface area contributed by atoms with Crippen LogP contribution in [0.25, 0.3) is 0 Å². The maximum absolute atomic E-state index is 11.6. The zero-order chi connectivity index (χ0) is 14.4. The fraction of sp³-hybridized carbons (Fsp3) is 0.727. The van der Waals surface area contributed by atoms with Gasteiger partial charge in [0.05, 0.1) is 18.6 Å². The normalized spacial score (nSPS) is 23.6. The van der Waals surface area contributed by atoms with Crippen molar-refractivity contribution in [3.05, 3.63) is 0 Å². The molecular formula is C11H18N2O6. The van der Waals surface area contributed by atoms with Crippen LogP contribution in [0.1, 0.15) is 25.7 Å². The van der Waals surface area contributed by atoms with Crippen LogP contribution in [0, 0.1) is 0 Å². The van der Waals surface area contributed by atoms with Gasteiger partial charge < -0.3 is 25.6 Å². The standard InChI is InChI=1S/C11H18N2O6/c1-19-8-4-2-3-6(8)12-11(18)13-7(10(16)17)5-9(14)15/h6-8H,2-5H2,1H3,(H,14,15)(H,16,17)(H2,12,13,18)/t6?,7-,8?/m1/s1. The van der Waals surface area contributed by atoms with Gasteiger partial charge in [-0.1, -0.05) is 0 Å². The van der Waals surface area contributed by atoms with Crippen molar-refractivity contribution in [2.45, 2.75) is 43.9 Å². The molecule has 0 radical (unpaired) electrons. The van der Waals surface area contributed by atoms with E-state index in [9.17, 15) is 14.4 Å². The molecule has 0 aromatic rings. The Bertz CT molecular complexity index is 359. The number of hydrogen-bond acceptors (Lipinski definition) is 4. The van der Waals surface area contributed by atoms with E-state index in [-0.39, 0.29) is 12.1 Å². The average molecular weight is 274 g/mol. The monoisotopic (exact) mass is 274 g/mol. The molecule has 0 heterocycles. The van der Waals surface area contributed by atoms with Gasteiger partial charge in [-0.25, -0.2) is 9.59 Å². The van der Waals surface area contributed by atoms with Crippen molar-refractivity contribution in [3.63, 3.8) is 0 Å². The molecule has 1 fully saturated rings. The molecule has 2 unspecified atom stereocenters. The van der Waals surface area contributed by atoms with E-state index in [2.05, 4.69) is 10.6 Å². The fourth-order valence-corrected chi connectivity index (χ4v) is 2.12. The van der Waals surface area contributed by atoms with Crippen LogP contribution in [0.2, 0.25) is 0 Å². The van der Waals surface area contributed by atoms with Crippen LogP contribution in [-0.2, 0) is 14.3 Å². The molecule has 3 atom stereocenters. The lowest BCUT2D eigenvalue weighted by Crippen LogP contribution is -2.51. The van der Waals surface area contributed by atoms with Gasteiger partial charge in [0.25, 0.3) is 0 Å². The number of carbonyl (C=O) groups is 3. The molecule has 19 heavy (non-hydrogen) atoms. The van der Waals surface area contributed by atoms with E-state index in [4.69, 9.17) is 14.9 Å². The summed E-state index contributed by atoms with van der Waals surface area (Å²) < 4.78 is 5.19. The number of amides is 2. The second-order valence-electron chi connectivity index (χ2n) is 4.42. The Labute approximate surface area is 110 Å². The Morgan fingerprint density at radius 1 is 1.32 bits per heavy atom. The summed E-state index contributed by atoms with van der Waals surface area (Å²) in [6, 6.07) is -2.31. The maximum atomic E-state index is 11.6. The Balaban J connectivity index is 2.48. The van der Waals surface area contributed by atoms with Gasteiger partial charge in [0.2, 0.25) is 0 Å². The number of carbonyl (C=O) groups excluding carboxylic acids is 1. The highest BCUT2D eigenvalue weighted by atomic mass is 16.5. The Hall–Kier alpha value is -1.83. The van der Waals surface area contributed by atoms with E-state index in [1.54, 1.807) is 7.11 Å². The molecule has 8 heteroatoms. The second kappa shape index (κ2) is 6.93. The van der Waals surface area contributed by atoms with E-state index >= 15 is 0 Å². The van der Waals surface area contributed by atoms with E-state index in [0.717, 1.165) is 19.3 Å². The quantitative estimate of drug-likeness (QED) is 0.530. The molecular weight excluding hydrogens is 256 g/mol. The molecule has 8 nitrogen and oxygen atoms in total. The third-order valence-electron chi connectivity index (χ3n) is 3.05. The van der Waals surface area contributed by atoms with E-state index < -0.39 is 30.4 Å². The molecule has 0 spiro atoms. The molecule has 0 aromatic heterocycles. The summed E-state index contributed by atoms with van der Waals surface area (Å²) in [4.78, 5) is 32.9. The van der Waals surface area contributed by atoms with Crippen molar-refractivity contribution in [1.29, 1.82) is 0 Å². The highest BCUT2D eigenvalue weighted by Crippen LogP contribution is 2.21. The van der Waals surface area contributed by atoms with E-state index in [0.29, 0.717) is 0 Å². The van der Waals surface area contributed by atoms with Gasteiger partial charge >= 0.3 is 18.0 Å². The number of urea groups is 1. The molecule has 2 amide bonds. The summed E-state index contributed by atoms with van der Waals surface area (Å²) in [5.74, 6) is -2.67. The number of carboxylic acids is 2. The second-order valence-corrected chi connectivity index (χ2v) is 4.42. The largest absolute Gasteiger partial charge is 0.481 e. The molecule has 0 aliphatic heterocycles. The summed E-state index contributed by atoms with van der Waals surface area (Å²) in [6.07, 6.45) is 1.75. The minimum atomic E-state index is -1.44. The van der Waals surface area contributed by atoms with Gasteiger partial charge in [0, 0.05) is 7.11 Å². The molecule has 1 aliphatic rings. The lowest BCUT2D eigenvalue weighted by molar-refractivity contribution is -0.145. The molecule has 1 rings (SSSR count). The van der Waals surface area contributed by atoms with Crippen LogP contribution in [0.5, 0.6) is 0 Å². The zero-order valence-electron chi connectivity index (χ0n) is 10.6. The Morgan fingerprint density at radius 2 is 2.00 bits per heavy atom. The summed E-state index contributed by atoms with van der Waals surface area (Å²) in [5, 5.41) is 22.1. The summed E-state index contributed by atoms with van der Waals surface area (Å²) in [6.45, 7) is 0. The number of hydrogen-bond donors (Lipinski definition) is 4. The number of aliphatic carboxylic acids is 2. The van der Waals surface area contributed by atoms with Gasteiger partial charge in [0.1, 0.15) is 6.04 Å². The minimum absolute atomic E-state index is 0.0894. The lowest BCUT2D eigenvalue weighted by atomic mass is 10.2. The van der Waals surface area contributed by atoms with Crippen LogP contribution in [0.4, 0.5) is 4.79 Å². The first-order chi connectivity index (χ1) is 8.93. The molecule has 0 saturated heterocycles. The van der Waals surface area contributed by atoms with Crippen molar-refractivity contribution in [3.8, 4) is 0 Å². The number of nitrogens with one attached hydrogen (secondary N) is 2. The van der Waals surface area contributed by atoms with Crippen LogP contribution < -0.4 is 10.6 Å². The van der Waals surface area contributed by atoms with Crippen molar-refractivity contribution in [2.75, 3.05) is 7.11 Å². The number of carboxylic acid groups (broad SMARTS) is 2. The van der Waals surface area contributed by atoms with Gasteiger partial charge in [-0.2, -0.15) is 0 Å². The van der Waals surface area contributed by atoms with Crippen molar-refractivity contribution >= 4 is 18.0 Å². The van der Waals surface area contributed by atoms with Crippen LogP contribution >= 0.6 is 0 Å². The van der Waals surface area contributed by atoms with Crippen molar-refractivity contribution in [1.82, 2.24) is 10.6 Å². The third-order valence-corrected chi connectivity index (χ3v) is 3.05. The predicted molar refractivity (Wildman–Crippen MR) is 63.8 cm³/mol. The molecule has 1 saturated carbocycles. The summed E-state index contributed by atoms with van der Waals surface area (Å²) in [7, 11) is 1.55. The van der Waals surface area contributed by atoms with Crippen molar-refractivity contribution in [2.24, 2.45) is 0 Å². The van der Waals surface area contributed by atoms with Gasteiger partial charge in [-0.3, -0.25) is 4.79 Å². The van der Waals surface area contributed by atoms with Crippen LogP contribution in [-0.4, -0.2) is 53.5 Å². The maximum Gasteiger partial charge on any atom is 0.326 e. The van der Waals surface area contributed by atoms with Gasteiger partial charge in [-0.05, 0) is 19.3 Å². The van der Waals surface area contributed by atoms with Crippen LogP contribution in [0.15, 0.2) is 0 Å². The molecule has 1 aliphatic carbocycles. The number of methoxy groups -OCH3 is 1. The topological polar surface area (TPSA) is 125 Å². The van der Waals surface area contributed by atoms with Crippen LogP contribution in [0.3, 0.4) is 0 Å². The summed E-state index contributed by atoms with van der Waals surface area (Å²) >= 11 is 0. The molecule has 0 aromatic carbocycles. The molecule has 4 N–H and O–H groups in total. The minimum Gasteiger partial charge on any atom is -0.481 e. The Kier molecular flexibility index (Phi) is 5.56. The fourth-order valence-electron chi connectivity index (χ4n) is 2.12. The van der Waals surface area contributed by atoms with E-state index in [1.165, 1.54) is 0 Å². The first kappa shape index (κ1) is 15.2. The van der Waals surface area contributed by atoms with Crippen molar-refractivity contribution < 1.29 is 29.3 Å². The highest BCUT2D eigenvalue weighted by molar-refractivity contribution is 5.86. The SMILES string of the molecule is COC1CCCC1NC(=O)N[C@H](CC(=O)O)C(=O)O. The first-order valence-electron chi connectivity index (χ1n) is 5.98. The average Bonchev–Trinajstić information content (AvgIpc) is 2.74. The third kappa shape index (κ3) is 4.74. The number of rotatable bonds is 6. The highest BCUT2D eigenvalue weighted by Gasteiger charge is 2.30. The molecule has 0 bridgehead atoms.